The van der Waals surface area contributed by atoms with Crippen LogP contribution in [0.15, 0.2) is 75.0 Å². The maximum atomic E-state index is 12.5. The van der Waals surface area contributed by atoms with E-state index < -0.39 is 0 Å². The molecule has 0 bridgehead atoms. The van der Waals surface area contributed by atoms with Gasteiger partial charge in [-0.1, -0.05) is 23.4 Å². The van der Waals surface area contributed by atoms with Crippen molar-refractivity contribution in [1.82, 2.24) is 20.1 Å². The number of rotatable bonds is 8. The molecule has 0 spiro atoms. The van der Waals surface area contributed by atoms with Crippen LogP contribution in [-0.2, 0) is 17.9 Å². The molecule has 30 heavy (non-hydrogen) atoms. The van der Waals surface area contributed by atoms with Crippen LogP contribution in [0.2, 0.25) is 5.02 Å². The number of benzene rings is 1. The second-order valence-electron chi connectivity index (χ2n) is 6.54. The maximum Gasteiger partial charge on any atom is 0.233 e. The van der Waals surface area contributed by atoms with E-state index in [0.29, 0.717) is 34.9 Å². The third kappa shape index (κ3) is 4.77. The third-order valence-electron chi connectivity index (χ3n) is 4.38. The fourth-order valence-corrected chi connectivity index (χ4v) is 3.83. The molecule has 0 aliphatic heterocycles. The highest BCUT2D eigenvalue weighted by atomic mass is 35.5. The summed E-state index contributed by atoms with van der Waals surface area (Å²) in [7, 11) is 0. The van der Waals surface area contributed by atoms with E-state index in [0.717, 1.165) is 11.3 Å². The summed E-state index contributed by atoms with van der Waals surface area (Å²) in [6.45, 7) is 2.61. The Morgan fingerprint density at radius 2 is 1.80 bits per heavy atom. The average Bonchev–Trinajstić information content (AvgIpc) is 3.51. The topological polar surface area (TPSA) is 86.1 Å². The van der Waals surface area contributed by atoms with Gasteiger partial charge in [0.1, 0.15) is 11.5 Å². The van der Waals surface area contributed by atoms with Crippen LogP contribution < -0.4 is 5.32 Å². The first-order valence-corrected chi connectivity index (χ1v) is 10.5. The summed E-state index contributed by atoms with van der Waals surface area (Å²) in [6, 6.07) is 14.7. The van der Waals surface area contributed by atoms with Crippen LogP contribution in [-0.4, -0.2) is 25.9 Å². The Morgan fingerprint density at radius 1 is 1.10 bits per heavy atom. The third-order valence-corrected chi connectivity index (χ3v) is 5.71. The molecule has 0 aliphatic rings. The van der Waals surface area contributed by atoms with Crippen LogP contribution in [0.1, 0.15) is 18.4 Å². The number of furan rings is 2. The zero-order valence-electron chi connectivity index (χ0n) is 16.1. The van der Waals surface area contributed by atoms with E-state index in [9.17, 15) is 4.79 Å². The van der Waals surface area contributed by atoms with E-state index in [1.165, 1.54) is 11.8 Å². The second kappa shape index (κ2) is 9.23. The van der Waals surface area contributed by atoms with Gasteiger partial charge in [0.2, 0.25) is 5.91 Å². The first-order chi connectivity index (χ1) is 14.6. The number of thioether (sulfide) groups is 1. The number of hydrogen-bond donors (Lipinski definition) is 1. The van der Waals surface area contributed by atoms with Gasteiger partial charge in [0.25, 0.3) is 0 Å². The van der Waals surface area contributed by atoms with E-state index in [1.807, 2.05) is 41.8 Å². The van der Waals surface area contributed by atoms with Gasteiger partial charge in [-0.15, -0.1) is 10.2 Å². The molecule has 0 aliphatic carbocycles. The quantitative estimate of drug-likeness (QED) is 0.400. The van der Waals surface area contributed by atoms with Crippen molar-refractivity contribution in [3.8, 4) is 11.4 Å². The molecule has 1 aromatic carbocycles. The highest BCUT2D eigenvalue weighted by molar-refractivity contribution is 8.00. The maximum absolute atomic E-state index is 12.5. The summed E-state index contributed by atoms with van der Waals surface area (Å²) in [4.78, 5) is 12.5. The summed E-state index contributed by atoms with van der Waals surface area (Å²) in [5, 5.41) is 12.4. The molecule has 1 N–H and O–H groups in total. The van der Waals surface area contributed by atoms with Crippen molar-refractivity contribution in [3.05, 3.63) is 77.6 Å². The van der Waals surface area contributed by atoms with Crippen LogP contribution in [0.3, 0.4) is 0 Å². The number of aromatic nitrogens is 3. The normalized spacial score (nSPS) is 12.1. The first kappa shape index (κ1) is 20.3. The Morgan fingerprint density at radius 3 is 2.47 bits per heavy atom. The molecule has 3 aromatic heterocycles. The summed E-state index contributed by atoms with van der Waals surface area (Å²) in [5.74, 6) is 2.03. The Hall–Kier alpha value is -2.97. The smallest absolute Gasteiger partial charge is 0.233 e. The molecule has 1 unspecified atom stereocenters. The summed E-state index contributed by atoms with van der Waals surface area (Å²) < 4.78 is 12.7. The molecule has 0 saturated heterocycles. The Labute approximate surface area is 182 Å². The molecule has 1 atom stereocenters. The van der Waals surface area contributed by atoms with Gasteiger partial charge in [-0.3, -0.25) is 9.36 Å². The van der Waals surface area contributed by atoms with E-state index >= 15 is 0 Å². The lowest BCUT2D eigenvalue weighted by atomic mass is 10.2. The van der Waals surface area contributed by atoms with E-state index in [4.69, 9.17) is 20.4 Å². The van der Waals surface area contributed by atoms with Crippen molar-refractivity contribution in [2.45, 2.75) is 30.4 Å². The Kier molecular flexibility index (Phi) is 6.25. The largest absolute Gasteiger partial charge is 0.467 e. The minimum atomic E-state index is -0.377. The van der Waals surface area contributed by atoms with E-state index in [1.54, 1.807) is 30.7 Å². The number of halogens is 1. The monoisotopic (exact) mass is 442 g/mol. The molecule has 9 heteroatoms. The number of hydrogen-bond acceptors (Lipinski definition) is 6. The van der Waals surface area contributed by atoms with E-state index in [2.05, 4.69) is 15.5 Å². The summed E-state index contributed by atoms with van der Waals surface area (Å²) in [5.41, 5.74) is 0.875. The van der Waals surface area contributed by atoms with Crippen LogP contribution in [0.5, 0.6) is 0 Å². The average molecular weight is 443 g/mol. The predicted molar refractivity (Wildman–Crippen MR) is 114 cm³/mol. The van der Waals surface area contributed by atoms with Crippen molar-refractivity contribution >= 4 is 29.3 Å². The van der Waals surface area contributed by atoms with Gasteiger partial charge in [0.15, 0.2) is 11.0 Å². The molecule has 7 nitrogen and oxygen atoms in total. The van der Waals surface area contributed by atoms with Crippen molar-refractivity contribution < 1.29 is 13.6 Å². The number of amides is 1. The van der Waals surface area contributed by atoms with E-state index in [-0.39, 0.29) is 11.2 Å². The van der Waals surface area contributed by atoms with Crippen molar-refractivity contribution in [1.29, 1.82) is 0 Å². The fraction of sp³-hybridized carbons (Fsp3) is 0.190. The number of carbonyl (C=O) groups excluding carboxylic acids is 1. The summed E-state index contributed by atoms with van der Waals surface area (Å²) >= 11 is 7.35. The van der Waals surface area contributed by atoms with Gasteiger partial charge in [0.05, 0.1) is 30.9 Å². The van der Waals surface area contributed by atoms with Gasteiger partial charge in [0, 0.05) is 10.6 Å². The molecule has 4 rings (SSSR count). The molecule has 1 amide bonds. The van der Waals surface area contributed by atoms with Gasteiger partial charge < -0.3 is 14.2 Å². The van der Waals surface area contributed by atoms with Gasteiger partial charge in [-0.25, -0.2) is 0 Å². The van der Waals surface area contributed by atoms with Crippen LogP contribution in [0.4, 0.5) is 0 Å². The molecule has 4 aromatic rings. The predicted octanol–water partition coefficient (Wildman–Crippen LogP) is 4.63. The number of nitrogens with one attached hydrogen (secondary N) is 1. The molecule has 0 saturated carbocycles. The van der Waals surface area contributed by atoms with Crippen molar-refractivity contribution in [2.75, 3.05) is 0 Å². The first-order valence-electron chi connectivity index (χ1n) is 9.28. The number of carbonyl (C=O) groups is 1. The highest BCUT2D eigenvalue weighted by Gasteiger charge is 2.21. The lowest BCUT2D eigenvalue weighted by Gasteiger charge is -2.13. The SMILES string of the molecule is CC(Sc1nnc(-c2ccc(Cl)cc2)n1Cc1ccco1)C(=O)NCc1ccco1. The van der Waals surface area contributed by atoms with Gasteiger partial charge in [-0.05, 0) is 55.5 Å². The van der Waals surface area contributed by atoms with Crippen LogP contribution >= 0.6 is 23.4 Å². The molecule has 3 heterocycles. The number of nitrogens with zero attached hydrogens (tertiary/aromatic N) is 3. The highest BCUT2D eigenvalue weighted by Crippen LogP contribution is 2.28. The Bertz CT molecular complexity index is 1090. The molecular formula is C21H19ClN4O3S. The standard InChI is InChI=1S/C21H19ClN4O3S/c1-14(20(27)23-12-17-4-2-10-28-17)30-21-25-24-19(15-6-8-16(22)9-7-15)26(21)13-18-5-3-11-29-18/h2-11,14H,12-13H2,1H3,(H,23,27). The lowest BCUT2D eigenvalue weighted by Crippen LogP contribution is -2.30. The van der Waals surface area contributed by atoms with Crippen LogP contribution in [0.25, 0.3) is 11.4 Å². The Balaban J connectivity index is 1.54. The van der Waals surface area contributed by atoms with Gasteiger partial charge >= 0.3 is 0 Å². The zero-order valence-corrected chi connectivity index (χ0v) is 17.7. The molecular weight excluding hydrogens is 424 g/mol. The van der Waals surface area contributed by atoms with Crippen LogP contribution in [0, 0.1) is 0 Å². The molecule has 0 radical (unpaired) electrons. The molecule has 0 fully saturated rings. The lowest BCUT2D eigenvalue weighted by molar-refractivity contribution is -0.120. The summed E-state index contributed by atoms with van der Waals surface area (Å²) in [6.07, 6.45) is 3.20. The minimum absolute atomic E-state index is 0.114. The van der Waals surface area contributed by atoms with Crippen molar-refractivity contribution in [3.63, 3.8) is 0 Å². The second-order valence-corrected chi connectivity index (χ2v) is 8.28. The van der Waals surface area contributed by atoms with Gasteiger partial charge in [-0.2, -0.15) is 0 Å². The fourth-order valence-electron chi connectivity index (χ4n) is 2.83. The zero-order chi connectivity index (χ0) is 20.9. The molecule has 154 valence electrons. The van der Waals surface area contributed by atoms with Crippen molar-refractivity contribution in [2.24, 2.45) is 0 Å². The minimum Gasteiger partial charge on any atom is -0.467 e.